The Morgan fingerprint density at radius 3 is 2.84 bits per heavy atom. The average Bonchev–Trinajstić information content (AvgIpc) is 2.37. The zero-order valence-corrected chi connectivity index (χ0v) is 11.0. The van der Waals surface area contributed by atoms with E-state index in [-0.39, 0.29) is 18.9 Å². The summed E-state index contributed by atoms with van der Waals surface area (Å²) in [5, 5.41) is 10.8. The minimum Gasteiger partial charge on any atom is -0.494 e. The number of carboxylic acid groups (broad SMARTS) is 1. The maximum atomic E-state index is 11.5. The number of hydrogen-bond acceptors (Lipinski definition) is 3. The average molecular weight is 265 g/mol. The first-order valence-electron chi connectivity index (χ1n) is 6.32. The number of aliphatic carboxylic acids is 1. The Morgan fingerprint density at radius 2 is 2.16 bits per heavy atom. The number of nitrogens with one attached hydrogen (secondary N) is 1. The summed E-state index contributed by atoms with van der Waals surface area (Å²) in [6.45, 7) is 2.39. The second-order valence-electron chi connectivity index (χ2n) is 4.20. The van der Waals surface area contributed by atoms with E-state index in [0.717, 1.165) is 24.2 Å². The Bertz CT molecular complexity index is 431. The van der Waals surface area contributed by atoms with Gasteiger partial charge in [0.15, 0.2) is 0 Å². The van der Waals surface area contributed by atoms with E-state index in [9.17, 15) is 9.59 Å². The van der Waals surface area contributed by atoms with Gasteiger partial charge >= 0.3 is 5.97 Å². The highest BCUT2D eigenvalue weighted by Gasteiger charge is 2.06. The molecule has 0 bridgehead atoms. The molecule has 0 fully saturated rings. The summed E-state index contributed by atoms with van der Waals surface area (Å²) in [5.74, 6) is -0.630. The van der Waals surface area contributed by atoms with Gasteiger partial charge in [0.1, 0.15) is 12.3 Å². The van der Waals surface area contributed by atoms with Crippen LogP contribution in [0.15, 0.2) is 24.3 Å². The van der Waals surface area contributed by atoms with E-state index in [2.05, 4.69) is 12.2 Å². The predicted molar refractivity (Wildman–Crippen MR) is 71.2 cm³/mol. The normalized spacial score (nSPS) is 9.95. The number of carbonyl (C=O) groups is 2. The van der Waals surface area contributed by atoms with E-state index in [0.29, 0.717) is 6.61 Å². The van der Waals surface area contributed by atoms with Crippen molar-refractivity contribution in [1.82, 2.24) is 5.32 Å². The molecule has 5 nitrogen and oxygen atoms in total. The van der Waals surface area contributed by atoms with Crippen molar-refractivity contribution in [2.24, 2.45) is 0 Å². The molecule has 5 heteroatoms. The van der Waals surface area contributed by atoms with E-state index >= 15 is 0 Å². The van der Waals surface area contributed by atoms with Crippen molar-refractivity contribution >= 4 is 11.9 Å². The van der Waals surface area contributed by atoms with Crippen molar-refractivity contribution in [1.29, 1.82) is 0 Å². The summed E-state index contributed by atoms with van der Waals surface area (Å²) >= 11 is 0. The summed E-state index contributed by atoms with van der Waals surface area (Å²) in [4.78, 5) is 21.8. The molecule has 0 aliphatic carbocycles. The number of amides is 1. The second kappa shape index (κ2) is 8.13. The van der Waals surface area contributed by atoms with Gasteiger partial charge in [-0.25, -0.2) is 0 Å². The summed E-state index contributed by atoms with van der Waals surface area (Å²) in [6.07, 6.45) is 2.21. The summed E-state index contributed by atoms with van der Waals surface area (Å²) in [6, 6.07) is 7.28. The Kier molecular flexibility index (Phi) is 6.43. The number of carboxylic acids is 1. The van der Waals surface area contributed by atoms with Crippen LogP contribution in [0.1, 0.15) is 25.3 Å². The molecule has 0 heterocycles. The topological polar surface area (TPSA) is 75.6 Å². The third kappa shape index (κ3) is 6.45. The molecule has 2 N–H and O–H groups in total. The van der Waals surface area contributed by atoms with Crippen molar-refractivity contribution < 1.29 is 19.4 Å². The van der Waals surface area contributed by atoms with Gasteiger partial charge in [0.25, 0.3) is 0 Å². The SMILES string of the molecule is CCCCOc1cccc(CC(=O)NCC(=O)O)c1. The van der Waals surface area contributed by atoms with Gasteiger partial charge in [0, 0.05) is 0 Å². The molecule has 0 aliphatic rings. The fourth-order valence-electron chi connectivity index (χ4n) is 1.50. The van der Waals surface area contributed by atoms with E-state index in [1.165, 1.54) is 0 Å². The number of ether oxygens (including phenoxy) is 1. The molecule has 1 aromatic rings. The molecule has 0 atom stereocenters. The third-order valence-electron chi connectivity index (χ3n) is 2.47. The minimum atomic E-state index is -1.05. The number of rotatable bonds is 8. The fraction of sp³-hybridized carbons (Fsp3) is 0.429. The first-order valence-corrected chi connectivity index (χ1v) is 6.32. The summed E-state index contributed by atoms with van der Waals surface area (Å²) in [7, 11) is 0. The first kappa shape index (κ1) is 15.0. The molecule has 104 valence electrons. The lowest BCUT2D eigenvalue weighted by molar-refractivity contribution is -0.137. The largest absolute Gasteiger partial charge is 0.494 e. The molecule has 19 heavy (non-hydrogen) atoms. The minimum absolute atomic E-state index is 0.151. The molecule has 1 aromatic carbocycles. The van der Waals surface area contributed by atoms with Crippen LogP contribution in [0.3, 0.4) is 0 Å². The number of carbonyl (C=O) groups excluding carboxylic acids is 1. The van der Waals surface area contributed by atoms with Crippen LogP contribution >= 0.6 is 0 Å². The van der Waals surface area contributed by atoms with Gasteiger partial charge in [-0.05, 0) is 24.1 Å². The molecule has 0 saturated carbocycles. The highest BCUT2D eigenvalue weighted by Crippen LogP contribution is 2.14. The van der Waals surface area contributed by atoms with Gasteiger partial charge in [0.05, 0.1) is 13.0 Å². The van der Waals surface area contributed by atoms with Crippen molar-refractivity contribution in [3.05, 3.63) is 29.8 Å². The standard InChI is InChI=1S/C14H19NO4/c1-2-3-7-19-12-6-4-5-11(8-12)9-13(16)15-10-14(17)18/h4-6,8H,2-3,7,9-10H2,1H3,(H,15,16)(H,17,18). The fourth-order valence-corrected chi connectivity index (χ4v) is 1.50. The Hall–Kier alpha value is -2.04. The lowest BCUT2D eigenvalue weighted by atomic mass is 10.1. The molecule has 1 amide bonds. The van der Waals surface area contributed by atoms with Gasteiger partial charge in [-0.2, -0.15) is 0 Å². The molecule has 0 aliphatic heterocycles. The Morgan fingerprint density at radius 1 is 1.37 bits per heavy atom. The highest BCUT2D eigenvalue weighted by atomic mass is 16.5. The monoisotopic (exact) mass is 265 g/mol. The summed E-state index contributed by atoms with van der Waals surface area (Å²) in [5.41, 5.74) is 0.803. The van der Waals surface area contributed by atoms with Gasteiger partial charge < -0.3 is 15.2 Å². The molecular weight excluding hydrogens is 246 g/mol. The van der Waals surface area contributed by atoms with E-state index < -0.39 is 5.97 Å². The molecule has 0 unspecified atom stereocenters. The molecule has 0 saturated heterocycles. The van der Waals surface area contributed by atoms with Crippen molar-refractivity contribution in [2.45, 2.75) is 26.2 Å². The third-order valence-corrected chi connectivity index (χ3v) is 2.47. The van der Waals surface area contributed by atoms with Crippen molar-refractivity contribution in [3.63, 3.8) is 0 Å². The highest BCUT2D eigenvalue weighted by molar-refractivity contribution is 5.82. The zero-order valence-electron chi connectivity index (χ0n) is 11.0. The van der Waals surface area contributed by atoms with Crippen LogP contribution in [-0.4, -0.2) is 30.1 Å². The van der Waals surface area contributed by atoms with Crippen LogP contribution in [0, 0.1) is 0 Å². The van der Waals surface area contributed by atoms with E-state index in [1.807, 2.05) is 18.2 Å². The van der Waals surface area contributed by atoms with Crippen molar-refractivity contribution in [3.8, 4) is 5.75 Å². The quantitative estimate of drug-likeness (QED) is 0.700. The summed E-state index contributed by atoms with van der Waals surface area (Å²) < 4.78 is 5.54. The smallest absolute Gasteiger partial charge is 0.322 e. The van der Waals surface area contributed by atoms with E-state index in [1.54, 1.807) is 6.07 Å². The second-order valence-corrected chi connectivity index (χ2v) is 4.20. The van der Waals surface area contributed by atoms with Gasteiger partial charge in [0.2, 0.25) is 5.91 Å². The number of hydrogen-bond donors (Lipinski definition) is 2. The molecule has 1 rings (SSSR count). The van der Waals surface area contributed by atoms with Gasteiger partial charge in [-0.15, -0.1) is 0 Å². The van der Waals surface area contributed by atoms with Crippen LogP contribution in [0.25, 0.3) is 0 Å². The molecule has 0 aromatic heterocycles. The van der Waals surface area contributed by atoms with Crippen LogP contribution < -0.4 is 10.1 Å². The van der Waals surface area contributed by atoms with Crippen LogP contribution in [0.2, 0.25) is 0 Å². The van der Waals surface area contributed by atoms with Gasteiger partial charge in [-0.1, -0.05) is 25.5 Å². The molecular formula is C14H19NO4. The predicted octanol–water partition coefficient (Wildman–Crippen LogP) is 1.61. The molecule has 0 spiro atoms. The Balaban J connectivity index is 2.47. The van der Waals surface area contributed by atoms with E-state index in [4.69, 9.17) is 9.84 Å². The van der Waals surface area contributed by atoms with Crippen LogP contribution in [-0.2, 0) is 16.0 Å². The maximum absolute atomic E-state index is 11.5. The van der Waals surface area contributed by atoms with Crippen LogP contribution in [0.5, 0.6) is 5.75 Å². The van der Waals surface area contributed by atoms with Crippen LogP contribution in [0.4, 0.5) is 0 Å². The lowest BCUT2D eigenvalue weighted by Crippen LogP contribution is -2.30. The zero-order chi connectivity index (χ0) is 14.1. The number of benzene rings is 1. The maximum Gasteiger partial charge on any atom is 0.322 e. The Labute approximate surface area is 112 Å². The number of unbranched alkanes of at least 4 members (excludes halogenated alkanes) is 1. The molecule has 0 radical (unpaired) electrons. The lowest BCUT2D eigenvalue weighted by Gasteiger charge is -2.07. The first-order chi connectivity index (χ1) is 9.11. The van der Waals surface area contributed by atoms with Crippen molar-refractivity contribution in [2.75, 3.05) is 13.2 Å². The van der Waals surface area contributed by atoms with Gasteiger partial charge in [-0.3, -0.25) is 9.59 Å².